The molecule has 128 valence electrons. The number of urea groups is 1. The molecule has 0 fully saturated rings. The van der Waals surface area contributed by atoms with Gasteiger partial charge < -0.3 is 5.32 Å². The van der Waals surface area contributed by atoms with Gasteiger partial charge in [-0.1, -0.05) is 30.7 Å². The van der Waals surface area contributed by atoms with Crippen LogP contribution >= 0.6 is 35.2 Å². The van der Waals surface area contributed by atoms with Gasteiger partial charge in [0.05, 0.1) is 9.39 Å². The van der Waals surface area contributed by atoms with Crippen molar-refractivity contribution in [3.63, 3.8) is 0 Å². The molecule has 4 nitrogen and oxygen atoms in total. The molecule has 1 aromatic carbocycles. The molecule has 2 N–H and O–H groups in total. The van der Waals surface area contributed by atoms with Crippen LogP contribution in [0.3, 0.4) is 0 Å². The van der Waals surface area contributed by atoms with Gasteiger partial charge in [0.2, 0.25) is 0 Å². The van der Waals surface area contributed by atoms with E-state index in [2.05, 4.69) is 23.6 Å². The standard InChI is InChI=1S/C18H16ClN3OS2/c1-10-2-7-13-14(8-10)17(24)25-16(15(13)9-20)22-18(23)21-12-5-3-11(19)4-6-12/h3-6,10H,2,7-8H2,1H3,(H2,21,22,23). The number of nitriles is 1. The number of hydrogen-bond donors (Lipinski definition) is 2. The topological polar surface area (TPSA) is 64.9 Å². The van der Waals surface area contributed by atoms with Crippen molar-refractivity contribution in [3.8, 4) is 6.07 Å². The number of benzene rings is 1. The third kappa shape index (κ3) is 4.01. The first-order chi connectivity index (χ1) is 12.0. The van der Waals surface area contributed by atoms with Gasteiger partial charge in [-0.2, -0.15) is 5.26 Å². The molecule has 1 aliphatic rings. The maximum absolute atomic E-state index is 12.3. The maximum Gasteiger partial charge on any atom is 0.324 e. The highest BCUT2D eigenvalue weighted by atomic mass is 35.5. The van der Waals surface area contributed by atoms with Crippen molar-refractivity contribution < 1.29 is 4.79 Å². The monoisotopic (exact) mass is 389 g/mol. The van der Waals surface area contributed by atoms with Gasteiger partial charge in [-0.15, -0.1) is 11.3 Å². The predicted molar refractivity (Wildman–Crippen MR) is 105 cm³/mol. The van der Waals surface area contributed by atoms with Crippen LogP contribution in [0.5, 0.6) is 0 Å². The number of hydrogen-bond acceptors (Lipinski definition) is 4. The van der Waals surface area contributed by atoms with Crippen molar-refractivity contribution in [1.82, 2.24) is 0 Å². The zero-order valence-corrected chi connectivity index (χ0v) is 15.9. The second kappa shape index (κ2) is 7.52. The van der Waals surface area contributed by atoms with Crippen LogP contribution in [0.2, 0.25) is 5.02 Å². The number of anilines is 2. The zero-order chi connectivity index (χ0) is 18.0. The third-order valence-electron chi connectivity index (χ3n) is 4.21. The lowest BCUT2D eigenvalue weighted by atomic mass is 9.85. The molecule has 2 aromatic rings. The van der Waals surface area contributed by atoms with Crippen LogP contribution in [0.4, 0.5) is 15.5 Å². The van der Waals surface area contributed by atoms with E-state index in [4.69, 9.17) is 23.8 Å². The Kier molecular flexibility index (Phi) is 5.38. The molecule has 25 heavy (non-hydrogen) atoms. The minimum atomic E-state index is -0.409. The van der Waals surface area contributed by atoms with Crippen LogP contribution in [0, 0.1) is 21.1 Å². The van der Waals surface area contributed by atoms with Crippen molar-refractivity contribution in [2.45, 2.75) is 26.2 Å². The van der Waals surface area contributed by atoms with E-state index >= 15 is 0 Å². The van der Waals surface area contributed by atoms with Crippen molar-refractivity contribution >= 4 is 51.9 Å². The molecular formula is C18H16ClN3OS2. The highest BCUT2D eigenvalue weighted by molar-refractivity contribution is 7.73. The molecule has 1 unspecified atom stereocenters. The molecule has 0 saturated carbocycles. The van der Waals surface area contributed by atoms with E-state index in [9.17, 15) is 10.1 Å². The summed E-state index contributed by atoms with van der Waals surface area (Å²) in [5.41, 5.74) is 3.24. The van der Waals surface area contributed by atoms with Crippen molar-refractivity contribution in [2.24, 2.45) is 5.92 Å². The summed E-state index contributed by atoms with van der Waals surface area (Å²) in [6, 6.07) is 8.65. The largest absolute Gasteiger partial charge is 0.324 e. The van der Waals surface area contributed by atoms with E-state index in [1.54, 1.807) is 24.3 Å². The van der Waals surface area contributed by atoms with E-state index in [-0.39, 0.29) is 0 Å². The fraction of sp³-hybridized carbons (Fsp3) is 0.278. The number of nitrogens with zero attached hydrogens (tertiary/aromatic N) is 1. The number of carbonyl (C=O) groups is 1. The number of amides is 2. The fourth-order valence-corrected chi connectivity index (χ4v) is 4.46. The Morgan fingerprint density at radius 2 is 2.04 bits per heavy atom. The second-order valence-electron chi connectivity index (χ2n) is 6.10. The van der Waals surface area contributed by atoms with E-state index in [0.29, 0.717) is 27.2 Å². The Bertz CT molecular complexity index is 916. The summed E-state index contributed by atoms with van der Waals surface area (Å²) >= 11 is 12.6. The molecule has 0 bridgehead atoms. The molecule has 0 aliphatic heterocycles. The molecule has 7 heteroatoms. The quantitative estimate of drug-likeness (QED) is 0.640. The summed E-state index contributed by atoms with van der Waals surface area (Å²) in [5.74, 6) is 0.569. The SMILES string of the molecule is CC1CCc2c(C#N)c(NC(=O)Nc3ccc(Cl)cc3)sc(=S)c2C1. The molecule has 1 heterocycles. The smallest absolute Gasteiger partial charge is 0.308 e. The van der Waals surface area contributed by atoms with Gasteiger partial charge in [-0.25, -0.2) is 4.79 Å². The zero-order valence-electron chi connectivity index (χ0n) is 13.6. The molecular weight excluding hydrogens is 374 g/mol. The lowest BCUT2D eigenvalue weighted by molar-refractivity contribution is 0.262. The Morgan fingerprint density at radius 1 is 1.32 bits per heavy atom. The Labute approximate surface area is 160 Å². The van der Waals surface area contributed by atoms with E-state index in [1.807, 2.05) is 0 Å². The van der Waals surface area contributed by atoms with Crippen LogP contribution in [-0.4, -0.2) is 6.03 Å². The summed E-state index contributed by atoms with van der Waals surface area (Å²) < 4.78 is 0.752. The van der Waals surface area contributed by atoms with Crippen LogP contribution in [0.15, 0.2) is 24.3 Å². The summed E-state index contributed by atoms with van der Waals surface area (Å²) in [6.45, 7) is 2.19. The van der Waals surface area contributed by atoms with Crippen LogP contribution in [-0.2, 0) is 12.8 Å². The maximum atomic E-state index is 12.3. The van der Waals surface area contributed by atoms with Gasteiger partial charge >= 0.3 is 6.03 Å². The average molecular weight is 390 g/mol. The summed E-state index contributed by atoms with van der Waals surface area (Å²) in [6.07, 6.45) is 2.75. The first-order valence-corrected chi connectivity index (χ1v) is 9.50. The van der Waals surface area contributed by atoms with Gasteiger partial charge in [0.15, 0.2) is 0 Å². The van der Waals surface area contributed by atoms with Crippen LogP contribution in [0.1, 0.15) is 30.0 Å². The highest BCUT2D eigenvalue weighted by Gasteiger charge is 2.23. The minimum absolute atomic E-state index is 0.409. The highest BCUT2D eigenvalue weighted by Crippen LogP contribution is 2.35. The number of carbonyl (C=O) groups excluding carboxylic acids is 1. The molecule has 1 aromatic heterocycles. The molecule has 0 spiro atoms. The van der Waals surface area contributed by atoms with E-state index in [0.717, 1.165) is 34.2 Å². The van der Waals surface area contributed by atoms with Gasteiger partial charge in [-0.05, 0) is 60.6 Å². The molecule has 3 rings (SSSR count). The first kappa shape index (κ1) is 17.9. The van der Waals surface area contributed by atoms with Gasteiger partial charge in [0, 0.05) is 10.7 Å². The van der Waals surface area contributed by atoms with Crippen LogP contribution < -0.4 is 10.6 Å². The Balaban J connectivity index is 1.86. The molecule has 1 aliphatic carbocycles. The van der Waals surface area contributed by atoms with Crippen LogP contribution in [0.25, 0.3) is 0 Å². The van der Waals surface area contributed by atoms with E-state index in [1.165, 1.54) is 11.3 Å². The Hall–Kier alpha value is -1.94. The third-order valence-corrected chi connectivity index (χ3v) is 5.91. The number of halogens is 1. The van der Waals surface area contributed by atoms with E-state index < -0.39 is 6.03 Å². The van der Waals surface area contributed by atoms with Crippen molar-refractivity contribution in [3.05, 3.63) is 49.8 Å². The van der Waals surface area contributed by atoms with Crippen molar-refractivity contribution in [1.29, 1.82) is 5.26 Å². The fourth-order valence-electron chi connectivity index (χ4n) is 2.95. The molecule has 1 atom stereocenters. The number of fused-ring (bicyclic) bond motifs is 1. The number of rotatable bonds is 2. The minimum Gasteiger partial charge on any atom is -0.308 e. The molecule has 0 radical (unpaired) electrons. The van der Waals surface area contributed by atoms with Gasteiger partial charge in [0.25, 0.3) is 0 Å². The molecule has 0 saturated heterocycles. The predicted octanol–water partition coefficient (Wildman–Crippen LogP) is 5.77. The van der Waals surface area contributed by atoms with Crippen molar-refractivity contribution in [2.75, 3.05) is 10.6 Å². The lowest BCUT2D eigenvalue weighted by Gasteiger charge is -2.23. The second-order valence-corrected chi connectivity index (χ2v) is 8.22. The average Bonchev–Trinajstić information content (AvgIpc) is 2.58. The molecule has 2 amide bonds. The Morgan fingerprint density at radius 3 is 2.72 bits per heavy atom. The van der Waals surface area contributed by atoms with Gasteiger partial charge in [-0.3, -0.25) is 5.32 Å². The van der Waals surface area contributed by atoms with Gasteiger partial charge in [0.1, 0.15) is 11.1 Å². The summed E-state index contributed by atoms with van der Waals surface area (Å²) in [4.78, 5) is 12.3. The summed E-state index contributed by atoms with van der Waals surface area (Å²) in [7, 11) is 0. The summed E-state index contributed by atoms with van der Waals surface area (Å²) in [5, 5.41) is 16.2. The number of nitrogens with one attached hydrogen (secondary N) is 2. The normalized spacial score (nSPS) is 15.8. The first-order valence-electron chi connectivity index (χ1n) is 7.90. The lowest BCUT2D eigenvalue weighted by Crippen LogP contribution is -2.21.